The smallest absolute Gasteiger partial charge is 0.317 e. The molecule has 2 aromatic rings. The van der Waals surface area contributed by atoms with Crippen molar-refractivity contribution in [3.8, 4) is 5.69 Å². The molecule has 1 aromatic heterocycles. The van der Waals surface area contributed by atoms with Gasteiger partial charge in [-0.05, 0) is 31.2 Å². The first-order valence-corrected chi connectivity index (χ1v) is 7.64. The van der Waals surface area contributed by atoms with Crippen molar-refractivity contribution in [2.75, 3.05) is 0 Å². The number of carbonyl (C=O) groups excluding carboxylic acids is 1. The minimum absolute atomic E-state index is 0.0831. The van der Waals surface area contributed by atoms with Gasteiger partial charge >= 0.3 is 12.4 Å². The van der Waals surface area contributed by atoms with Gasteiger partial charge in [0.2, 0.25) is 0 Å². The fourth-order valence-electron chi connectivity index (χ4n) is 2.70. The summed E-state index contributed by atoms with van der Waals surface area (Å²) >= 11 is 0. The van der Waals surface area contributed by atoms with Crippen LogP contribution in [0.15, 0.2) is 24.3 Å². The Kier molecular flexibility index (Phi) is 4.77. The summed E-state index contributed by atoms with van der Waals surface area (Å²) in [6, 6.07) is 2.88. The van der Waals surface area contributed by atoms with Gasteiger partial charge in [0, 0.05) is 28.1 Å². The van der Waals surface area contributed by atoms with E-state index in [2.05, 4.69) is 0 Å². The molecule has 2 nitrogen and oxygen atoms in total. The Labute approximate surface area is 146 Å². The molecule has 1 heterocycles. The van der Waals surface area contributed by atoms with Gasteiger partial charge in [0.15, 0.2) is 6.29 Å². The standard InChI is InChI=1S/C18H17F6NO/c1-10-11(9-26)5-15(16(2,3)4)25(10)14-7-12(17(19,20)21)6-13(8-14)18(22,23)24/h5-9H,1-4H3. The minimum atomic E-state index is -4.94. The second-order valence-corrected chi connectivity index (χ2v) is 7.04. The molecule has 8 heteroatoms. The number of alkyl halides is 6. The molecule has 0 N–H and O–H groups in total. The third-order valence-electron chi connectivity index (χ3n) is 4.01. The third-order valence-corrected chi connectivity index (χ3v) is 4.01. The van der Waals surface area contributed by atoms with Crippen LogP contribution in [0.3, 0.4) is 0 Å². The van der Waals surface area contributed by atoms with Gasteiger partial charge in [0.25, 0.3) is 0 Å². The highest BCUT2D eigenvalue weighted by Gasteiger charge is 2.37. The Hall–Kier alpha value is -2.25. The fraction of sp³-hybridized carbons (Fsp3) is 0.389. The number of nitrogens with zero attached hydrogens (tertiary/aromatic N) is 1. The first kappa shape index (κ1) is 20.1. The van der Waals surface area contributed by atoms with Crippen LogP contribution in [-0.4, -0.2) is 10.9 Å². The predicted octanol–water partition coefficient (Wildman–Crippen LogP) is 5.93. The van der Waals surface area contributed by atoms with Crippen LogP contribution in [0.2, 0.25) is 0 Å². The lowest BCUT2D eigenvalue weighted by Crippen LogP contribution is -2.19. The van der Waals surface area contributed by atoms with Crippen molar-refractivity contribution in [2.24, 2.45) is 0 Å². The number of benzene rings is 1. The summed E-state index contributed by atoms with van der Waals surface area (Å²) in [6.45, 7) is 6.74. The van der Waals surface area contributed by atoms with Crippen LogP contribution >= 0.6 is 0 Å². The molecular formula is C18H17F6NO. The number of rotatable bonds is 2. The Balaban J connectivity index is 2.88. The van der Waals surface area contributed by atoms with E-state index in [0.717, 1.165) is 0 Å². The summed E-state index contributed by atoms with van der Waals surface area (Å²) in [5.74, 6) is 0. The summed E-state index contributed by atoms with van der Waals surface area (Å²) in [6.07, 6.45) is -9.35. The van der Waals surface area contributed by atoms with E-state index in [1.54, 1.807) is 20.8 Å². The van der Waals surface area contributed by atoms with Gasteiger partial charge in [0.1, 0.15) is 0 Å². The van der Waals surface area contributed by atoms with Gasteiger partial charge in [-0.3, -0.25) is 4.79 Å². The van der Waals surface area contributed by atoms with E-state index in [-0.39, 0.29) is 23.0 Å². The number of aromatic nitrogens is 1. The number of halogens is 6. The molecule has 0 aliphatic rings. The number of hydrogen-bond donors (Lipinski definition) is 0. The van der Waals surface area contributed by atoms with E-state index >= 15 is 0 Å². The van der Waals surface area contributed by atoms with Crippen molar-refractivity contribution in [3.63, 3.8) is 0 Å². The Morgan fingerprint density at radius 3 is 1.65 bits per heavy atom. The van der Waals surface area contributed by atoms with Gasteiger partial charge in [-0.2, -0.15) is 26.3 Å². The first-order valence-electron chi connectivity index (χ1n) is 7.64. The molecule has 1 aromatic carbocycles. The number of carbonyl (C=O) groups is 1. The number of aldehydes is 1. The molecule has 0 radical (unpaired) electrons. The largest absolute Gasteiger partial charge is 0.416 e. The average molecular weight is 377 g/mol. The summed E-state index contributed by atoms with van der Waals surface area (Å²) in [4.78, 5) is 11.2. The van der Waals surface area contributed by atoms with Crippen molar-refractivity contribution < 1.29 is 31.1 Å². The molecule has 0 atom stereocenters. The average Bonchev–Trinajstić information content (AvgIpc) is 2.81. The third kappa shape index (κ3) is 3.78. The van der Waals surface area contributed by atoms with E-state index in [1.807, 2.05) is 0 Å². The molecule has 26 heavy (non-hydrogen) atoms. The summed E-state index contributed by atoms with van der Waals surface area (Å²) in [5.41, 5.74) is -2.78. The molecular weight excluding hydrogens is 360 g/mol. The van der Waals surface area contributed by atoms with Crippen LogP contribution in [0.1, 0.15) is 53.6 Å². The number of hydrogen-bond acceptors (Lipinski definition) is 1. The van der Waals surface area contributed by atoms with Crippen molar-refractivity contribution in [1.82, 2.24) is 4.57 Å². The van der Waals surface area contributed by atoms with Crippen molar-refractivity contribution in [3.05, 3.63) is 52.3 Å². The van der Waals surface area contributed by atoms with E-state index in [0.29, 0.717) is 24.1 Å². The van der Waals surface area contributed by atoms with Crippen LogP contribution in [-0.2, 0) is 17.8 Å². The van der Waals surface area contributed by atoms with Gasteiger partial charge in [-0.1, -0.05) is 20.8 Å². The monoisotopic (exact) mass is 377 g/mol. The second kappa shape index (κ2) is 6.17. The van der Waals surface area contributed by atoms with Crippen LogP contribution in [0.25, 0.3) is 5.69 Å². The van der Waals surface area contributed by atoms with Crippen LogP contribution in [0, 0.1) is 6.92 Å². The highest BCUT2D eigenvalue weighted by molar-refractivity contribution is 5.78. The van der Waals surface area contributed by atoms with E-state index in [9.17, 15) is 31.1 Å². The molecule has 0 aliphatic heterocycles. The van der Waals surface area contributed by atoms with Crippen molar-refractivity contribution >= 4 is 6.29 Å². The Morgan fingerprint density at radius 1 is 0.846 bits per heavy atom. The highest BCUT2D eigenvalue weighted by atomic mass is 19.4. The van der Waals surface area contributed by atoms with Gasteiger partial charge in [0.05, 0.1) is 11.1 Å². The zero-order valence-corrected chi connectivity index (χ0v) is 14.5. The zero-order valence-electron chi connectivity index (χ0n) is 14.5. The lowest BCUT2D eigenvalue weighted by molar-refractivity contribution is -0.143. The summed E-state index contributed by atoms with van der Waals surface area (Å²) in [5, 5.41) is 0. The lowest BCUT2D eigenvalue weighted by atomic mass is 9.91. The van der Waals surface area contributed by atoms with Crippen LogP contribution < -0.4 is 0 Å². The summed E-state index contributed by atoms with van der Waals surface area (Å²) < 4.78 is 80.0. The molecule has 2 rings (SSSR count). The van der Waals surface area contributed by atoms with Crippen LogP contribution in [0.5, 0.6) is 0 Å². The Morgan fingerprint density at radius 2 is 1.31 bits per heavy atom. The van der Waals surface area contributed by atoms with Crippen molar-refractivity contribution in [2.45, 2.75) is 45.5 Å². The quantitative estimate of drug-likeness (QED) is 0.469. The summed E-state index contributed by atoms with van der Waals surface area (Å²) in [7, 11) is 0. The maximum Gasteiger partial charge on any atom is 0.416 e. The molecule has 0 saturated heterocycles. The normalized spacial score (nSPS) is 13.2. The molecule has 0 unspecified atom stereocenters. The van der Waals surface area contributed by atoms with E-state index in [4.69, 9.17) is 0 Å². The SMILES string of the molecule is Cc1c(C=O)cc(C(C)(C)C)n1-c1cc(C(F)(F)F)cc(C(F)(F)F)c1. The minimum Gasteiger partial charge on any atom is -0.317 e. The molecule has 142 valence electrons. The molecule has 0 aliphatic carbocycles. The van der Waals surface area contributed by atoms with Gasteiger partial charge < -0.3 is 4.57 Å². The Bertz CT molecular complexity index is 805. The van der Waals surface area contributed by atoms with Gasteiger partial charge in [-0.25, -0.2) is 0 Å². The molecule has 0 saturated carbocycles. The molecule has 0 fully saturated rings. The molecule has 0 bridgehead atoms. The maximum absolute atomic E-state index is 13.1. The zero-order chi connectivity index (χ0) is 20.1. The lowest BCUT2D eigenvalue weighted by Gasteiger charge is -2.24. The first-order chi connectivity index (χ1) is 11.7. The van der Waals surface area contributed by atoms with E-state index in [1.165, 1.54) is 17.6 Å². The van der Waals surface area contributed by atoms with Gasteiger partial charge in [-0.15, -0.1) is 0 Å². The highest BCUT2D eigenvalue weighted by Crippen LogP contribution is 2.39. The van der Waals surface area contributed by atoms with Crippen LogP contribution in [0.4, 0.5) is 26.3 Å². The second-order valence-electron chi connectivity index (χ2n) is 7.04. The fourth-order valence-corrected chi connectivity index (χ4v) is 2.70. The van der Waals surface area contributed by atoms with Crippen molar-refractivity contribution in [1.29, 1.82) is 0 Å². The molecule has 0 spiro atoms. The maximum atomic E-state index is 13.1. The predicted molar refractivity (Wildman–Crippen MR) is 84.6 cm³/mol. The van der Waals surface area contributed by atoms with E-state index < -0.39 is 28.9 Å². The topological polar surface area (TPSA) is 22.0 Å². The molecule has 0 amide bonds.